The summed E-state index contributed by atoms with van der Waals surface area (Å²) < 4.78 is 7.88. The molecule has 0 rings (SSSR count). The summed E-state index contributed by atoms with van der Waals surface area (Å²) in [6.07, 6.45) is 0. The van der Waals surface area contributed by atoms with Gasteiger partial charge in [-0.1, -0.05) is 0 Å². The van der Waals surface area contributed by atoms with Crippen molar-refractivity contribution >= 4 is 24.0 Å². The van der Waals surface area contributed by atoms with Gasteiger partial charge in [-0.25, -0.2) is 0 Å². The summed E-state index contributed by atoms with van der Waals surface area (Å²) in [5, 5.41) is 0. The Bertz CT molecular complexity index is 8.00. The second-order valence-corrected chi connectivity index (χ2v) is 0. The van der Waals surface area contributed by atoms with Crippen molar-refractivity contribution in [3.63, 3.8) is 0 Å². The molecule has 0 amide bonds. The van der Waals surface area contributed by atoms with Crippen molar-refractivity contribution in [1.82, 2.24) is 0 Å². The number of halogens is 1. The van der Waals surface area contributed by atoms with Crippen molar-refractivity contribution in [2.24, 2.45) is 0 Å². The fraction of sp³-hybridized carbons (Fsp3) is 0. The molecule has 0 heterocycles. The van der Waals surface area contributed by atoms with Crippen molar-refractivity contribution in [2.45, 2.75) is 0 Å². The number of rotatable bonds is 0. The molecule has 0 saturated heterocycles. The molecule has 0 radical (unpaired) electrons. The van der Waals surface area contributed by atoms with E-state index in [-0.39, 0.29) is 31.4 Å². The van der Waals surface area contributed by atoms with Crippen molar-refractivity contribution in [2.75, 3.05) is 0 Å². The van der Waals surface area contributed by atoms with Crippen LogP contribution >= 0.6 is 24.0 Å². The van der Waals surface area contributed by atoms with Crippen molar-refractivity contribution in [3.05, 3.63) is 7.43 Å². The van der Waals surface area contributed by atoms with Gasteiger partial charge in [-0.15, -0.1) is 24.0 Å². The molecule has 0 aliphatic heterocycles. The van der Waals surface area contributed by atoms with Crippen LogP contribution in [0.5, 0.6) is 0 Å². The minimum atomic E-state index is 0. The molecular formula is CH4INiO-. The molecule has 0 aromatic carbocycles. The van der Waals surface area contributed by atoms with E-state index in [0.29, 0.717) is 0 Å². The Morgan fingerprint density at radius 2 is 1.25 bits per heavy atom. The third-order valence-electron chi connectivity index (χ3n) is 0. The summed E-state index contributed by atoms with van der Waals surface area (Å²) >= 11 is 2.62. The van der Waals surface area contributed by atoms with Crippen LogP contribution in [0.1, 0.15) is 0 Å². The average molecular weight is 218 g/mol. The Balaban J connectivity index is -0.00000000500. The van der Waals surface area contributed by atoms with Gasteiger partial charge in [0.05, 0.1) is 0 Å². The molecule has 4 heavy (non-hydrogen) atoms. The Morgan fingerprint density at radius 3 is 1.25 bits per heavy atom. The zero-order chi connectivity index (χ0) is 2.00. The van der Waals surface area contributed by atoms with E-state index in [1.807, 2.05) is 0 Å². The van der Waals surface area contributed by atoms with Gasteiger partial charge in [-0.05, 0) is 0 Å². The molecule has 0 unspecified atom stereocenters. The summed E-state index contributed by atoms with van der Waals surface area (Å²) in [5.74, 6) is 0. The molecule has 0 saturated carbocycles. The van der Waals surface area contributed by atoms with E-state index >= 15 is 0 Å². The number of hydrogen-bond acceptors (Lipinski definition) is 1. The van der Waals surface area contributed by atoms with Gasteiger partial charge < -0.3 is 7.43 Å². The summed E-state index contributed by atoms with van der Waals surface area (Å²) in [7, 11) is 0. The molecule has 0 N–H and O–H groups in total. The minimum absolute atomic E-state index is 0. The van der Waals surface area contributed by atoms with Crippen molar-refractivity contribution < 1.29 is 19.3 Å². The molecule has 0 aromatic heterocycles. The van der Waals surface area contributed by atoms with E-state index in [2.05, 4.69) is 15.4 Å². The first-order chi connectivity index (χ1) is 1.00. The zero-order valence-corrected chi connectivity index (χ0v) is 5.45. The third kappa shape index (κ3) is 11.8. The predicted octanol–water partition coefficient (Wildman–Crippen LogP) is 0.947. The normalized spacial score (nSPS) is 1.50. The van der Waals surface area contributed by atoms with E-state index in [9.17, 15) is 0 Å². The van der Waals surface area contributed by atoms with E-state index in [1.165, 1.54) is 0 Å². The van der Waals surface area contributed by atoms with Crippen LogP contribution in [0.15, 0.2) is 0 Å². The van der Waals surface area contributed by atoms with Crippen molar-refractivity contribution in [3.8, 4) is 0 Å². The molecule has 0 bridgehead atoms. The summed E-state index contributed by atoms with van der Waals surface area (Å²) in [4.78, 5) is 0. The van der Waals surface area contributed by atoms with Crippen LogP contribution in [0.25, 0.3) is 0 Å². The van der Waals surface area contributed by atoms with Crippen LogP contribution in [0, 0.1) is 7.43 Å². The van der Waals surface area contributed by atoms with Crippen molar-refractivity contribution in [1.29, 1.82) is 0 Å². The molecule has 0 fully saturated rings. The van der Waals surface area contributed by atoms with Crippen LogP contribution in [-0.2, 0) is 19.3 Å². The first kappa shape index (κ1) is 19.9. The maximum absolute atomic E-state index is 7.88. The predicted molar refractivity (Wildman–Crippen MR) is 22.5 cm³/mol. The zero-order valence-electron chi connectivity index (χ0n) is 2.13. The molecule has 0 aliphatic rings. The topological polar surface area (TPSA) is 17.1 Å². The first-order valence-electron chi connectivity index (χ1n) is 0.129. The summed E-state index contributed by atoms with van der Waals surface area (Å²) in [6, 6.07) is 0. The van der Waals surface area contributed by atoms with Crippen LogP contribution in [-0.4, -0.2) is 0 Å². The Hall–Kier alpha value is 1.02. The van der Waals surface area contributed by atoms with Crippen LogP contribution < -0.4 is 0 Å². The SMILES string of the molecule is I.[CH3-].[O]=[Ni]. The average Bonchev–Trinajstić information content (AvgIpc) is 1.00. The molecule has 0 spiro atoms. The Labute approximate surface area is 50.7 Å². The Morgan fingerprint density at radius 1 is 1.25 bits per heavy atom. The molecule has 32 valence electrons. The second kappa shape index (κ2) is 35.1. The van der Waals surface area contributed by atoms with Gasteiger partial charge in [0.25, 0.3) is 0 Å². The van der Waals surface area contributed by atoms with E-state index < -0.39 is 0 Å². The Kier molecular flexibility index (Phi) is 174. The van der Waals surface area contributed by atoms with E-state index in [0.717, 1.165) is 0 Å². The monoisotopic (exact) mass is 217 g/mol. The van der Waals surface area contributed by atoms with E-state index in [1.54, 1.807) is 0 Å². The molecule has 0 aromatic rings. The fourth-order valence-electron chi connectivity index (χ4n) is 0. The summed E-state index contributed by atoms with van der Waals surface area (Å²) in [6.45, 7) is 0. The van der Waals surface area contributed by atoms with Gasteiger partial charge in [-0.2, -0.15) is 0 Å². The number of hydrogen-bond donors (Lipinski definition) is 0. The van der Waals surface area contributed by atoms with Gasteiger partial charge in [0.1, 0.15) is 0 Å². The standard InChI is InChI=1S/CH3.HI.Ni.O/h1H3;1H;;/q-1;;;. The second-order valence-electron chi connectivity index (χ2n) is 0. The summed E-state index contributed by atoms with van der Waals surface area (Å²) in [5.41, 5.74) is 0. The molecular weight excluding hydrogens is 214 g/mol. The van der Waals surface area contributed by atoms with Crippen LogP contribution in [0.4, 0.5) is 0 Å². The van der Waals surface area contributed by atoms with Gasteiger partial charge >= 0.3 is 19.3 Å². The van der Waals surface area contributed by atoms with Gasteiger partial charge in [0.2, 0.25) is 0 Å². The fourth-order valence-corrected chi connectivity index (χ4v) is 0. The third-order valence-corrected chi connectivity index (χ3v) is 0. The maximum atomic E-state index is 7.88. The van der Waals surface area contributed by atoms with Crippen LogP contribution in [0.3, 0.4) is 0 Å². The molecule has 0 atom stereocenters. The first-order valence-corrected chi connectivity index (χ1v) is 0.532. The molecule has 0 aliphatic carbocycles. The van der Waals surface area contributed by atoms with E-state index in [4.69, 9.17) is 3.90 Å². The van der Waals surface area contributed by atoms with Gasteiger partial charge in [-0.3, -0.25) is 0 Å². The quantitative estimate of drug-likeness (QED) is 0.336. The molecule has 3 heteroatoms. The van der Waals surface area contributed by atoms with Gasteiger partial charge in [0, 0.05) is 0 Å². The van der Waals surface area contributed by atoms with Gasteiger partial charge in [0.15, 0.2) is 0 Å². The molecule has 1 nitrogen and oxygen atoms in total. The van der Waals surface area contributed by atoms with Crippen LogP contribution in [0.2, 0.25) is 0 Å².